The Bertz CT molecular complexity index is 1150. The molecule has 1 aromatic carbocycles. The summed E-state index contributed by atoms with van der Waals surface area (Å²) in [4.78, 5) is 19.8. The van der Waals surface area contributed by atoms with E-state index in [0.717, 1.165) is 11.3 Å². The van der Waals surface area contributed by atoms with Crippen molar-refractivity contribution in [2.75, 3.05) is 26.4 Å². The van der Waals surface area contributed by atoms with E-state index in [-0.39, 0.29) is 24.0 Å². The van der Waals surface area contributed by atoms with Crippen molar-refractivity contribution in [3.05, 3.63) is 75.0 Å². The molecule has 5 rings (SSSR count). The van der Waals surface area contributed by atoms with Gasteiger partial charge in [0.25, 0.3) is 5.91 Å². The highest BCUT2D eigenvalue weighted by Crippen LogP contribution is 2.37. The molecule has 178 valence electrons. The SMILES string of the molecule is O=C1NCC(C[C@H]2CO[C@H](COCc3ccccc3)CO2)c2[nH]c(-c3ccncc3F)c(I)c21. The maximum Gasteiger partial charge on any atom is 0.254 e. The Labute approximate surface area is 210 Å². The number of aromatic amines is 1. The van der Waals surface area contributed by atoms with Crippen LogP contribution >= 0.6 is 22.6 Å². The number of nitrogens with one attached hydrogen (secondary N) is 2. The third-order valence-electron chi connectivity index (χ3n) is 6.15. The van der Waals surface area contributed by atoms with Crippen LogP contribution in [0.2, 0.25) is 0 Å². The Balaban J connectivity index is 1.20. The summed E-state index contributed by atoms with van der Waals surface area (Å²) in [6.07, 6.45) is 3.20. The van der Waals surface area contributed by atoms with E-state index in [2.05, 4.69) is 37.9 Å². The van der Waals surface area contributed by atoms with Crippen LogP contribution in [0, 0.1) is 9.39 Å². The summed E-state index contributed by atoms with van der Waals surface area (Å²) in [6, 6.07) is 11.6. The molecule has 1 saturated heterocycles. The molecule has 9 heteroatoms. The van der Waals surface area contributed by atoms with Crippen LogP contribution in [0.5, 0.6) is 0 Å². The number of hydrogen-bond acceptors (Lipinski definition) is 5. The second-order valence-corrected chi connectivity index (χ2v) is 9.59. The molecule has 2 aliphatic rings. The maximum absolute atomic E-state index is 14.4. The van der Waals surface area contributed by atoms with Gasteiger partial charge >= 0.3 is 0 Å². The quantitative estimate of drug-likeness (QED) is 0.415. The number of fused-ring (bicyclic) bond motifs is 1. The first kappa shape index (κ1) is 23.4. The number of halogens is 2. The van der Waals surface area contributed by atoms with E-state index < -0.39 is 5.82 Å². The van der Waals surface area contributed by atoms with Gasteiger partial charge in [0, 0.05) is 29.9 Å². The summed E-state index contributed by atoms with van der Waals surface area (Å²) in [5.74, 6) is -0.566. The molecule has 0 bridgehead atoms. The zero-order chi connectivity index (χ0) is 23.5. The van der Waals surface area contributed by atoms with Gasteiger partial charge in [0.15, 0.2) is 5.82 Å². The lowest BCUT2D eigenvalue weighted by molar-refractivity contribution is -0.155. The first-order chi connectivity index (χ1) is 16.6. The Morgan fingerprint density at radius 1 is 1.15 bits per heavy atom. The Hall–Kier alpha value is -2.34. The maximum atomic E-state index is 14.4. The minimum absolute atomic E-state index is 0.0133. The van der Waals surface area contributed by atoms with Gasteiger partial charge in [0.1, 0.15) is 6.10 Å². The highest BCUT2D eigenvalue weighted by molar-refractivity contribution is 14.1. The van der Waals surface area contributed by atoms with Crippen LogP contribution in [0.4, 0.5) is 4.39 Å². The molecule has 1 fully saturated rings. The Morgan fingerprint density at radius 2 is 1.94 bits per heavy atom. The van der Waals surface area contributed by atoms with E-state index >= 15 is 0 Å². The number of H-pyrrole nitrogens is 1. The van der Waals surface area contributed by atoms with Gasteiger partial charge in [-0.2, -0.15) is 0 Å². The summed E-state index contributed by atoms with van der Waals surface area (Å²) >= 11 is 2.11. The lowest BCUT2D eigenvalue weighted by atomic mass is 9.92. The summed E-state index contributed by atoms with van der Waals surface area (Å²) in [5, 5.41) is 2.96. The fourth-order valence-electron chi connectivity index (χ4n) is 4.41. The van der Waals surface area contributed by atoms with Crippen molar-refractivity contribution < 1.29 is 23.4 Å². The van der Waals surface area contributed by atoms with Crippen LogP contribution in [-0.2, 0) is 20.8 Å². The first-order valence-electron chi connectivity index (χ1n) is 11.2. The molecule has 3 atom stereocenters. The van der Waals surface area contributed by atoms with Crippen LogP contribution < -0.4 is 5.32 Å². The minimum Gasteiger partial charge on any atom is -0.374 e. The molecule has 1 amide bonds. The number of rotatable bonds is 7. The van der Waals surface area contributed by atoms with Gasteiger partial charge in [-0.1, -0.05) is 30.3 Å². The van der Waals surface area contributed by atoms with Gasteiger partial charge in [-0.15, -0.1) is 0 Å². The minimum atomic E-state index is -0.430. The summed E-state index contributed by atoms with van der Waals surface area (Å²) in [7, 11) is 0. The monoisotopic (exact) mass is 577 g/mol. The molecule has 4 heterocycles. The fraction of sp³-hybridized carbons (Fsp3) is 0.360. The second kappa shape index (κ2) is 10.5. The molecule has 0 aliphatic carbocycles. The van der Waals surface area contributed by atoms with E-state index in [4.69, 9.17) is 14.2 Å². The second-order valence-electron chi connectivity index (χ2n) is 8.51. The van der Waals surface area contributed by atoms with Crippen molar-refractivity contribution in [2.45, 2.75) is 31.2 Å². The number of amides is 1. The zero-order valence-electron chi connectivity index (χ0n) is 18.4. The molecular weight excluding hydrogens is 552 g/mol. The Morgan fingerprint density at radius 3 is 2.71 bits per heavy atom. The van der Waals surface area contributed by atoms with Crippen LogP contribution in [0.3, 0.4) is 0 Å². The third-order valence-corrected chi connectivity index (χ3v) is 7.23. The number of pyridine rings is 1. The van der Waals surface area contributed by atoms with Crippen LogP contribution in [0.1, 0.15) is 34.0 Å². The molecule has 0 saturated carbocycles. The van der Waals surface area contributed by atoms with Gasteiger partial charge in [-0.25, -0.2) is 4.39 Å². The average molecular weight is 577 g/mol. The van der Waals surface area contributed by atoms with Crippen LogP contribution in [0.25, 0.3) is 11.3 Å². The number of ether oxygens (including phenoxy) is 3. The fourth-order valence-corrected chi connectivity index (χ4v) is 5.37. The molecule has 2 aliphatic heterocycles. The lowest BCUT2D eigenvalue weighted by Gasteiger charge is -2.32. The normalized spacial score (nSPS) is 22.3. The van der Waals surface area contributed by atoms with Gasteiger partial charge < -0.3 is 24.5 Å². The van der Waals surface area contributed by atoms with Gasteiger partial charge in [-0.05, 0) is 40.6 Å². The molecule has 1 unspecified atom stereocenters. The van der Waals surface area contributed by atoms with E-state index in [0.29, 0.717) is 59.8 Å². The van der Waals surface area contributed by atoms with Gasteiger partial charge in [0.05, 0.1) is 53.6 Å². The predicted octanol–water partition coefficient (Wildman–Crippen LogP) is 4.04. The highest BCUT2D eigenvalue weighted by atomic mass is 127. The molecule has 34 heavy (non-hydrogen) atoms. The molecule has 7 nitrogen and oxygen atoms in total. The molecule has 2 aromatic heterocycles. The van der Waals surface area contributed by atoms with E-state index in [1.54, 1.807) is 12.3 Å². The summed E-state index contributed by atoms with van der Waals surface area (Å²) in [5.41, 5.74) is 3.52. The standard InChI is InChI=1S/C25H25FIN3O4/c26-20-10-28-7-6-19(20)24-22(27)21-23(30-24)16(9-29-25(21)31)8-17-13-34-18(14-33-17)12-32-11-15-4-2-1-3-5-15/h1-7,10,16-18,30H,8-9,11-14H2,(H,29,31)/t16?,17-,18+/m0/s1. The summed E-state index contributed by atoms with van der Waals surface area (Å²) in [6.45, 7) is 2.43. The van der Waals surface area contributed by atoms with Gasteiger partial charge in [0.2, 0.25) is 0 Å². The number of benzene rings is 1. The van der Waals surface area contributed by atoms with Crippen molar-refractivity contribution in [3.63, 3.8) is 0 Å². The predicted molar refractivity (Wildman–Crippen MR) is 132 cm³/mol. The van der Waals surface area contributed by atoms with Crippen molar-refractivity contribution in [1.82, 2.24) is 15.3 Å². The molecule has 0 spiro atoms. The van der Waals surface area contributed by atoms with Crippen molar-refractivity contribution in [3.8, 4) is 11.3 Å². The number of nitrogens with zero attached hydrogens (tertiary/aromatic N) is 1. The number of hydrogen-bond donors (Lipinski definition) is 2. The third kappa shape index (κ3) is 5.02. The van der Waals surface area contributed by atoms with E-state index in [1.165, 1.54) is 6.20 Å². The summed E-state index contributed by atoms with van der Waals surface area (Å²) < 4.78 is 32.9. The van der Waals surface area contributed by atoms with Gasteiger partial charge in [-0.3, -0.25) is 9.78 Å². The van der Waals surface area contributed by atoms with Crippen LogP contribution in [-0.4, -0.2) is 54.4 Å². The smallest absolute Gasteiger partial charge is 0.254 e. The zero-order valence-corrected chi connectivity index (χ0v) is 20.6. The van der Waals surface area contributed by atoms with Crippen molar-refractivity contribution >= 4 is 28.5 Å². The molecule has 3 aromatic rings. The molecule has 0 radical (unpaired) electrons. The largest absolute Gasteiger partial charge is 0.374 e. The first-order valence-corrected chi connectivity index (χ1v) is 12.3. The number of aromatic nitrogens is 2. The van der Waals surface area contributed by atoms with E-state index in [9.17, 15) is 9.18 Å². The average Bonchev–Trinajstić information content (AvgIpc) is 3.21. The molecular formula is C25H25FIN3O4. The molecule has 2 N–H and O–H groups in total. The number of carbonyl (C=O) groups excluding carboxylic acids is 1. The topological polar surface area (TPSA) is 85.5 Å². The van der Waals surface area contributed by atoms with Crippen molar-refractivity contribution in [1.29, 1.82) is 0 Å². The van der Waals surface area contributed by atoms with Crippen molar-refractivity contribution in [2.24, 2.45) is 0 Å². The van der Waals surface area contributed by atoms with Crippen LogP contribution in [0.15, 0.2) is 48.8 Å². The van der Waals surface area contributed by atoms with E-state index in [1.807, 2.05) is 30.3 Å². The Kier molecular flexibility index (Phi) is 7.23. The number of carbonyl (C=O) groups is 1. The highest BCUT2D eigenvalue weighted by Gasteiger charge is 2.34. The lowest BCUT2D eigenvalue weighted by Crippen LogP contribution is -2.41.